The van der Waals surface area contributed by atoms with Crippen molar-refractivity contribution in [2.24, 2.45) is 0 Å². The summed E-state index contributed by atoms with van der Waals surface area (Å²) in [5, 5.41) is 7.52. The van der Waals surface area contributed by atoms with Gasteiger partial charge in [0.2, 0.25) is 0 Å². The third kappa shape index (κ3) is 2.86. The molecule has 0 radical (unpaired) electrons. The summed E-state index contributed by atoms with van der Waals surface area (Å²) in [6.45, 7) is 7.34. The van der Waals surface area contributed by atoms with Gasteiger partial charge in [0.1, 0.15) is 5.82 Å². The lowest BCUT2D eigenvalue weighted by molar-refractivity contribution is 0.115. The number of amides is 2. The van der Waals surface area contributed by atoms with Gasteiger partial charge in [0, 0.05) is 18.8 Å². The van der Waals surface area contributed by atoms with E-state index in [0.29, 0.717) is 13.1 Å². The molecule has 1 aliphatic rings. The maximum Gasteiger partial charge on any atom is 0.318 e. The standard InChI is InChI=1S/C18H22N6O/c1-11-8-12(2)24(22-11)14-9-23(10-14)18(25)19-13(3)17-20-15-6-4-5-7-16(15)21-17/h4-8,13-14H,9-10H2,1-3H3,(H,19,25)(H,20,21)/t13-/m0/s1. The Kier molecular flexibility index (Phi) is 3.71. The first kappa shape index (κ1) is 15.7. The summed E-state index contributed by atoms with van der Waals surface area (Å²) in [5.41, 5.74) is 4.04. The number of imidazole rings is 1. The Morgan fingerprint density at radius 1 is 1.32 bits per heavy atom. The molecule has 1 aromatic carbocycles. The topological polar surface area (TPSA) is 78.8 Å². The van der Waals surface area contributed by atoms with Crippen LogP contribution in [-0.4, -0.2) is 43.8 Å². The molecule has 0 spiro atoms. The van der Waals surface area contributed by atoms with Crippen molar-refractivity contribution in [1.29, 1.82) is 0 Å². The summed E-state index contributed by atoms with van der Waals surface area (Å²) < 4.78 is 2.02. The largest absolute Gasteiger partial charge is 0.340 e. The molecule has 2 N–H and O–H groups in total. The Morgan fingerprint density at radius 3 is 2.76 bits per heavy atom. The molecular formula is C18H22N6O. The number of nitrogens with one attached hydrogen (secondary N) is 2. The summed E-state index contributed by atoms with van der Waals surface area (Å²) in [5.74, 6) is 0.769. The van der Waals surface area contributed by atoms with Gasteiger partial charge in [-0.05, 0) is 39.0 Å². The molecule has 1 saturated heterocycles. The highest BCUT2D eigenvalue weighted by Gasteiger charge is 2.34. The van der Waals surface area contributed by atoms with Crippen molar-refractivity contribution < 1.29 is 4.79 Å². The van der Waals surface area contributed by atoms with Crippen LogP contribution in [0.4, 0.5) is 4.79 Å². The first-order valence-corrected chi connectivity index (χ1v) is 8.54. The number of aromatic amines is 1. The van der Waals surface area contributed by atoms with E-state index in [0.717, 1.165) is 28.2 Å². The monoisotopic (exact) mass is 338 g/mol. The van der Waals surface area contributed by atoms with E-state index in [1.54, 1.807) is 4.90 Å². The molecular weight excluding hydrogens is 316 g/mol. The summed E-state index contributed by atoms with van der Waals surface area (Å²) in [4.78, 5) is 22.0. The number of benzene rings is 1. The van der Waals surface area contributed by atoms with E-state index in [1.165, 1.54) is 0 Å². The number of carbonyl (C=O) groups is 1. The van der Waals surface area contributed by atoms with E-state index < -0.39 is 0 Å². The SMILES string of the molecule is Cc1cc(C)n(C2CN(C(=O)N[C@@H](C)c3nc4ccccc4[nH]3)C2)n1. The van der Waals surface area contributed by atoms with Gasteiger partial charge >= 0.3 is 6.03 Å². The molecule has 130 valence electrons. The van der Waals surface area contributed by atoms with Crippen LogP contribution in [0.2, 0.25) is 0 Å². The number of likely N-dealkylation sites (tertiary alicyclic amines) is 1. The van der Waals surface area contributed by atoms with Crippen LogP contribution >= 0.6 is 0 Å². The Morgan fingerprint density at radius 2 is 2.08 bits per heavy atom. The maximum absolute atomic E-state index is 12.4. The first-order valence-electron chi connectivity index (χ1n) is 8.54. The van der Waals surface area contributed by atoms with Crippen molar-refractivity contribution in [3.05, 3.63) is 47.5 Å². The predicted octanol–water partition coefficient (Wildman–Crippen LogP) is 2.70. The number of aryl methyl sites for hydroxylation is 2. The molecule has 4 rings (SSSR count). The molecule has 0 aliphatic carbocycles. The predicted molar refractivity (Wildman–Crippen MR) is 95.4 cm³/mol. The highest BCUT2D eigenvalue weighted by atomic mass is 16.2. The molecule has 0 unspecified atom stereocenters. The minimum absolute atomic E-state index is 0.0641. The zero-order valence-corrected chi connectivity index (χ0v) is 14.7. The Bertz CT molecular complexity index is 888. The summed E-state index contributed by atoms with van der Waals surface area (Å²) in [7, 11) is 0. The highest BCUT2D eigenvalue weighted by Crippen LogP contribution is 2.23. The lowest BCUT2D eigenvalue weighted by atomic mass is 10.1. The average Bonchev–Trinajstić information content (AvgIpc) is 3.09. The van der Waals surface area contributed by atoms with Gasteiger partial charge in [-0.2, -0.15) is 5.10 Å². The van der Waals surface area contributed by atoms with Crippen LogP contribution in [0, 0.1) is 13.8 Å². The summed E-state index contributed by atoms with van der Waals surface area (Å²) in [6, 6.07) is 9.95. The molecule has 25 heavy (non-hydrogen) atoms. The number of hydrogen-bond acceptors (Lipinski definition) is 3. The quantitative estimate of drug-likeness (QED) is 0.771. The van der Waals surface area contributed by atoms with E-state index >= 15 is 0 Å². The molecule has 7 heteroatoms. The number of H-pyrrole nitrogens is 1. The number of carbonyl (C=O) groups excluding carboxylic acids is 1. The van der Waals surface area contributed by atoms with E-state index in [9.17, 15) is 4.79 Å². The van der Waals surface area contributed by atoms with Crippen LogP contribution in [0.25, 0.3) is 11.0 Å². The summed E-state index contributed by atoms with van der Waals surface area (Å²) >= 11 is 0. The average molecular weight is 338 g/mol. The van der Waals surface area contributed by atoms with Crippen LogP contribution in [-0.2, 0) is 0 Å². The molecule has 3 heterocycles. The van der Waals surface area contributed by atoms with Gasteiger partial charge in [0.05, 0.1) is 28.8 Å². The molecule has 1 aliphatic heterocycles. The van der Waals surface area contributed by atoms with Crippen molar-refractivity contribution in [3.63, 3.8) is 0 Å². The fraction of sp³-hybridized carbons (Fsp3) is 0.389. The highest BCUT2D eigenvalue weighted by molar-refractivity contribution is 5.77. The van der Waals surface area contributed by atoms with Gasteiger partial charge in [-0.3, -0.25) is 4.68 Å². The number of para-hydroxylation sites is 2. The van der Waals surface area contributed by atoms with Crippen LogP contribution in [0.1, 0.15) is 36.2 Å². The second-order valence-electron chi connectivity index (χ2n) is 6.74. The third-order valence-corrected chi connectivity index (χ3v) is 4.70. The minimum atomic E-state index is -0.173. The van der Waals surface area contributed by atoms with Crippen LogP contribution < -0.4 is 5.32 Å². The van der Waals surface area contributed by atoms with Crippen molar-refractivity contribution >= 4 is 17.1 Å². The zero-order valence-electron chi connectivity index (χ0n) is 14.7. The van der Waals surface area contributed by atoms with Crippen LogP contribution in [0.3, 0.4) is 0 Å². The molecule has 1 fully saturated rings. The van der Waals surface area contributed by atoms with Crippen molar-refractivity contribution in [2.45, 2.75) is 32.9 Å². The van der Waals surface area contributed by atoms with Crippen molar-refractivity contribution in [3.8, 4) is 0 Å². The Labute approximate surface area is 146 Å². The lowest BCUT2D eigenvalue weighted by Gasteiger charge is -2.40. The van der Waals surface area contributed by atoms with E-state index in [1.807, 2.05) is 49.7 Å². The smallest absolute Gasteiger partial charge is 0.318 e. The molecule has 2 aromatic heterocycles. The molecule has 0 saturated carbocycles. The lowest BCUT2D eigenvalue weighted by Crippen LogP contribution is -2.55. The molecule has 2 amide bonds. The maximum atomic E-state index is 12.4. The van der Waals surface area contributed by atoms with Crippen molar-refractivity contribution in [2.75, 3.05) is 13.1 Å². The van der Waals surface area contributed by atoms with Gasteiger partial charge < -0.3 is 15.2 Å². The van der Waals surface area contributed by atoms with Gasteiger partial charge in [0.25, 0.3) is 0 Å². The molecule has 1 atom stereocenters. The second kappa shape index (κ2) is 5.91. The third-order valence-electron chi connectivity index (χ3n) is 4.70. The molecule has 0 bridgehead atoms. The molecule has 3 aromatic rings. The normalized spacial score (nSPS) is 16.0. The van der Waals surface area contributed by atoms with Crippen LogP contribution in [0.15, 0.2) is 30.3 Å². The van der Waals surface area contributed by atoms with Gasteiger partial charge in [0.15, 0.2) is 0 Å². The minimum Gasteiger partial charge on any atom is -0.340 e. The Balaban J connectivity index is 1.37. The Hall–Kier alpha value is -2.83. The van der Waals surface area contributed by atoms with Gasteiger partial charge in [-0.15, -0.1) is 0 Å². The number of hydrogen-bond donors (Lipinski definition) is 2. The fourth-order valence-electron chi connectivity index (χ4n) is 3.31. The number of nitrogens with zero attached hydrogens (tertiary/aromatic N) is 4. The number of rotatable bonds is 3. The van der Waals surface area contributed by atoms with E-state index in [4.69, 9.17) is 0 Å². The zero-order chi connectivity index (χ0) is 17.6. The first-order chi connectivity index (χ1) is 12.0. The van der Waals surface area contributed by atoms with Crippen molar-refractivity contribution in [1.82, 2.24) is 30.0 Å². The molecule has 7 nitrogen and oxygen atoms in total. The van der Waals surface area contributed by atoms with Crippen LogP contribution in [0.5, 0.6) is 0 Å². The van der Waals surface area contributed by atoms with Gasteiger partial charge in [-0.25, -0.2) is 9.78 Å². The number of urea groups is 1. The summed E-state index contributed by atoms with van der Waals surface area (Å²) in [6.07, 6.45) is 0. The number of aromatic nitrogens is 4. The van der Waals surface area contributed by atoms with E-state index in [2.05, 4.69) is 26.4 Å². The fourth-order valence-corrected chi connectivity index (χ4v) is 3.31. The van der Waals surface area contributed by atoms with E-state index in [-0.39, 0.29) is 18.1 Å². The van der Waals surface area contributed by atoms with Gasteiger partial charge in [-0.1, -0.05) is 12.1 Å². The number of fused-ring (bicyclic) bond motifs is 1. The second-order valence-corrected chi connectivity index (χ2v) is 6.74.